The van der Waals surface area contributed by atoms with Crippen molar-refractivity contribution in [3.8, 4) is 0 Å². The largest absolute Gasteiger partial charge is 0.393 e. The molecular weight excluding hydrogens is 286 g/mol. The summed E-state index contributed by atoms with van der Waals surface area (Å²) >= 11 is 0. The predicted molar refractivity (Wildman–Crippen MR) is 92.8 cm³/mol. The first kappa shape index (κ1) is 16.7. The predicted octanol–water partition coefficient (Wildman–Crippen LogP) is 3.26. The minimum absolute atomic E-state index is 0.0760. The smallest absolute Gasteiger partial charge is 0.162 e. The van der Waals surface area contributed by atoms with Crippen LogP contribution in [0.2, 0.25) is 0 Å². The van der Waals surface area contributed by atoms with Crippen molar-refractivity contribution in [2.24, 2.45) is 11.8 Å². The molecule has 0 spiro atoms. The lowest BCUT2D eigenvalue weighted by Crippen LogP contribution is -2.39. The van der Waals surface area contributed by atoms with E-state index in [9.17, 15) is 9.90 Å². The van der Waals surface area contributed by atoms with Crippen LogP contribution < -0.4 is 0 Å². The highest BCUT2D eigenvalue weighted by atomic mass is 16.3. The molecule has 1 saturated heterocycles. The minimum atomic E-state index is -0.0760. The van der Waals surface area contributed by atoms with Gasteiger partial charge in [0.15, 0.2) is 5.78 Å². The van der Waals surface area contributed by atoms with Crippen LogP contribution in [0.4, 0.5) is 0 Å². The number of hydrogen-bond acceptors (Lipinski definition) is 3. The normalized spacial score (nSPS) is 27.6. The van der Waals surface area contributed by atoms with Crippen LogP contribution in [-0.2, 0) is 5.41 Å². The quantitative estimate of drug-likeness (QED) is 0.848. The summed E-state index contributed by atoms with van der Waals surface area (Å²) in [4.78, 5) is 14.7. The molecule has 1 aliphatic carbocycles. The Morgan fingerprint density at radius 3 is 2.48 bits per heavy atom. The van der Waals surface area contributed by atoms with Gasteiger partial charge in [-0.3, -0.25) is 4.79 Å². The molecule has 3 atom stereocenters. The number of aliphatic hydroxyl groups is 1. The van der Waals surface area contributed by atoms with Gasteiger partial charge in [-0.05, 0) is 36.3 Å². The van der Waals surface area contributed by atoms with E-state index < -0.39 is 0 Å². The Bertz CT molecular complexity index is 558. The van der Waals surface area contributed by atoms with E-state index in [2.05, 4.69) is 37.8 Å². The molecule has 0 amide bonds. The number of carbonyl (C=O) groups excluding carboxylic acids is 1. The molecule has 1 heterocycles. The zero-order valence-electron chi connectivity index (χ0n) is 14.6. The van der Waals surface area contributed by atoms with E-state index in [0.717, 1.165) is 38.0 Å². The van der Waals surface area contributed by atoms with Crippen LogP contribution in [0.1, 0.15) is 56.0 Å². The highest BCUT2D eigenvalue weighted by Gasteiger charge is 2.45. The van der Waals surface area contributed by atoms with Crippen molar-refractivity contribution in [2.45, 2.75) is 51.6 Å². The molecule has 2 aliphatic rings. The number of fused-ring (bicyclic) bond motifs is 1. The summed E-state index contributed by atoms with van der Waals surface area (Å²) in [5.74, 6) is 1.44. The molecule has 1 aliphatic heterocycles. The van der Waals surface area contributed by atoms with E-state index in [0.29, 0.717) is 18.3 Å². The first-order valence-corrected chi connectivity index (χ1v) is 8.89. The molecule has 126 valence electrons. The Labute approximate surface area is 139 Å². The maximum atomic E-state index is 12.3. The molecular formula is C20H29NO2. The first-order valence-electron chi connectivity index (χ1n) is 8.89. The van der Waals surface area contributed by atoms with E-state index in [-0.39, 0.29) is 17.3 Å². The third-order valence-corrected chi connectivity index (χ3v) is 5.56. The van der Waals surface area contributed by atoms with Crippen LogP contribution >= 0.6 is 0 Å². The van der Waals surface area contributed by atoms with Gasteiger partial charge in [-0.15, -0.1) is 0 Å². The Morgan fingerprint density at radius 2 is 1.91 bits per heavy atom. The van der Waals surface area contributed by atoms with Crippen LogP contribution in [0.3, 0.4) is 0 Å². The van der Waals surface area contributed by atoms with E-state index in [1.807, 2.05) is 12.1 Å². The number of benzene rings is 1. The van der Waals surface area contributed by atoms with Crippen molar-refractivity contribution >= 4 is 5.78 Å². The number of aliphatic hydroxyl groups excluding tert-OH is 1. The Kier molecular flexibility index (Phi) is 4.61. The van der Waals surface area contributed by atoms with Crippen LogP contribution in [0.5, 0.6) is 0 Å². The SMILES string of the molecule is CC(C)(C)c1ccc(C(=O)CCCN2C[C@H]3C[C@H](O)[C@H]3C2)cc1. The van der Waals surface area contributed by atoms with Crippen LogP contribution in [-0.4, -0.2) is 41.5 Å². The van der Waals surface area contributed by atoms with Gasteiger partial charge >= 0.3 is 0 Å². The van der Waals surface area contributed by atoms with Crippen molar-refractivity contribution in [1.29, 1.82) is 0 Å². The van der Waals surface area contributed by atoms with Gasteiger partial charge in [0.2, 0.25) is 0 Å². The van der Waals surface area contributed by atoms with Crippen molar-refractivity contribution in [1.82, 2.24) is 4.90 Å². The van der Waals surface area contributed by atoms with Crippen molar-refractivity contribution in [2.75, 3.05) is 19.6 Å². The zero-order chi connectivity index (χ0) is 16.6. The number of rotatable bonds is 5. The van der Waals surface area contributed by atoms with Crippen LogP contribution in [0.15, 0.2) is 24.3 Å². The lowest BCUT2D eigenvalue weighted by atomic mass is 9.74. The fourth-order valence-corrected chi connectivity index (χ4v) is 3.91. The molecule has 3 rings (SSSR count). The van der Waals surface area contributed by atoms with Gasteiger partial charge < -0.3 is 10.0 Å². The number of carbonyl (C=O) groups is 1. The van der Waals surface area contributed by atoms with Crippen molar-refractivity contribution < 1.29 is 9.90 Å². The number of nitrogens with zero attached hydrogens (tertiary/aromatic N) is 1. The molecule has 2 fully saturated rings. The number of ketones is 1. The van der Waals surface area contributed by atoms with Gasteiger partial charge in [0.1, 0.15) is 0 Å². The second-order valence-corrected chi connectivity index (χ2v) is 8.34. The maximum Gasteiger partial charge on any atom is 0.162 e. The molecule has 23 heavy (non-hydrogen) atoms. The Hall–Kier alpha value is -1.19. The van der Waals surface area contributed by atoms with E-state index in [4.69, 9.17) is 0 Å². The summed E-state index contributed by atoms with van der Waals surface area (Å²) < 4.78 is 0. The average Bonchev–Trinajstić information content (AvgIpc) is 2.83. The topological polar surface area (TPSA) is 40.5 Å². The Morgan fingerprint density at radius 1 is 1.22 bits per heavy atom. The maximum absolute atomic E-state index is 12.3. The lowest BCUT2D eigenvalue weighted by Gasteiger charge is -2.35. The fourth-order valence-electron chi connectivity index (χ4n) is 3.91. The molecule has 1 saturated carbocycles. The number of hydrogen-bond donors (Lipinski definition) is 1. The standard InChI is InChI=1S/C20H29NO2/c1-20(2,3)16-8-6-14(7-9-16)18(22)5-4-10-21-12-15-11-19(23)17(15)13-21/h6-9,15,17,19,23H,4-5,10-13H2,1-3H3/t15-,17+,19+/m1/s1. The molecule has 3 heteroatoms. The summed E-state index contributed by atoms with van der Waals surface area (Å²) in [5.41, 5.74) is 2.22. The van der Waals surface area contributed by atoms with Crippen molar-refractivity contribution in [3.63, 3.8) is 0 Å². The third kappa shape index (κ3) is 3.67. The van der Waals surface area contributed by atoms with Gasteiger partial charge in [0.25, 0.3) is 0 Å². The van der Waals surface area contributed by atoms with Crippen molar-refractivity contribution in [3.05, 3.63) is 35.4 Å². The van der Waals surface area contributed by atoms with Gasteiger partial charge in [0.05, 0.1) is 6.10 Å². The second kappa shape index (κ2) is 6.37. The molecule has 1 aromatic rings. The van der Waals surface area contributed by atoms with E-state index in [1.54, 1.807) is 0 Å². The summed E-state index contributed by atoms with van der Waals surface area (Å²) in [6, 6.07) is 8.09. The second-order valence-electron chi connectivity index (χ2n) is 8.34. The average molecular weight is 315 g/mol. The summed E-state index contributed by atoms with van der Waals surface area (Å²) in [6.07, 6.45) is 2.42. The Balaban J connectivity index is 1.44. The molecule has 0 radical (unpaired) electrons. The zero-order valence-corrected chi connectivity index (χ0v) is 14.6. The third-order valence-electron chi connectivity index (χ3n) is 5.56. The van der Waals surface area contributed by atoms with E-state index >= 15 is 0 Å². The molecule has 0 bridgehead atoms. The highest BCUT2D eigenvalue weighted by molar-refractivity contribution is 5.96. The molecule has 1 aromatic carbocycles. The monoisotopic (exact) mass is 315 g/mol. The van der Waals surface area contributed by atoms with Gasteiger partial charge in [-0.1, -0.05) is 45.0 Å². The number of Topliss-reactive ketones (excluding diaryl/α,β-unsaturated/α-hetero) is 1. The summed E-state index contributed by atoms with van der Waals surface area (Å²) in [7, 11) is 0. The lowest BCUT2D eigenvalue weighted by molar-refractivity contribution is -0.00433. The van der Waals surface area contributed by atoms with Crippen LogP contribution in [0, 0.1) is 11.8 Å². The fraction of sp³-hybridized carbons (Fsp3) is 0.650. The molecule has 0 unspecified atom stereocenters. The van der Waals surface area contributed by atoms with Gasteiger partial charge in [-0.2, -0.15) is 0 Å². The molecule has 0 aromatic heterocycles. The molecule has 1 N–H and O–H groups in total. The summed E-state index contributed by atoms with van der Waals surface area (Å²) in [5, 5.41) is 9.70. The molecule has 3 nitrogen and oxygen atoms in total. The highest BCUT2D eigenvalue weighted by Crippen LogP contribution is 2.40. The van der Waals surface area contributed by atoms with Gasteiger partial charge in [0, 0.05) is 31.0 Å². The van der Waals surface area contributed by atoms with E-state index in [1.165, 1.54) is 5.56 Å². The summed E-state index contributed by atoms with van der Waals surface area (Å²) in [6.45, 7) is 9.65. The first-order chi connectivity index (χ1) is 10.8. The van der Waals surface area contributed by atoms with Crippen LogP contribution in [0.25, 0.3) is 0 Å². The number of likely N-dealkylation sites (tertiary alicyclic amines) is 1. The minimum Gasteiger partial charge on any atom is -0.393 e. The van der Waals surface area contributed by atoms with Gasteiger partial charge in [-0.25, -0.2) is 0 Å².